The van der Waals surface area contributed by atoms with Crippen molar-refractivity contribution in [3.63, 3.8) is 0 Å². The van der Waals surface area contributed by atoms with Crippen LogP contribution < -0.4 is 35.8 Å². The Morgan fingerprint density at radius 1 is 0.286 bits per heavy atom. The summed E-state index contributed by atoms with van der Waals surface area (Å²) in [5.74, 6) is 0. The second-order valence-corrected chi connectivity index (χ2v) is 0. The van der Waals surface area contributed by atoms with Crippen LogP contribution in [0.5, 0.6) is 0 Å². The number of quaternary nitrogens is 2. The predicted molar refractivity (Wildman–Crippen MR) is 41.2 cm³/mol. The topological polar surface area (TPSA) is 271 Å². The molecular weight excluding hydrogens is 271 g/mol. The predicted octanol–water partition coefficient (Wildman–Crippen LogP) is -19.8. The van der Waals surface area contributed by atoms with Crippen LogP contribution in [0.1, 0.15) is 0 Å². The van der Waals surface area contributed by atoms with E-state index < -0.39 is 0 Å². The van der Waals surface area contributed by atoms with Gasteiger partial charge in [0.2, 0.25) is 0 Å². The second kappa shape index (κ2) is 95700. The third kappa shape index (κ3) is 74000. The molecule has 0 fully saturated rings. The molecule has 0 saturated heterocycles. The average molecular weight is 297 g/mol. The Kier molecular flexibility index (Phi) is 829000000. The summed E-state index contributed by atoms with van der Waals surface area (Å²) < 4.78 is 0. The molecule has 0 aromatic heterocycles. The van der Waals surface area contributed by atoms with Gasteiger partial charge in [0, 0.05) is 0 Å². The molecule has 0 saturated carbocycles. The minimum Gasteiger partial charge on any atom is -1.00 e. The third-order valence-electron chi connectivity index (χ3n) is 0. The van der Waals surface area contributed by atoms with Crippen molar-refractivity contribution in [1.29, 1.82) is 0 Å². The van der Waals surface area contributed by atoms with E-state index >= 15 is 0 Å². The maximum Gasteiger partial charge on any atom is 3.00 e. The van der Waals surface area contributed by atoms with E-state index in [9.17, 15) is 0 Å². The first-order chi connectivity index (χ1) is 0. The standard InChI is InChI=1S/Cr.5FH.2H3N.6H2O/h;5*1H;2*1H3;6*1H2/q+3;;;;;;;;;;;;;/p+3. The van der Waals surface area contributed by atoms with Gasteiger partial charge in [-0.05, 0) is 0 Å². The molecule has 0 spiro atoms. The molecule has 8 nitrogen and oxygen atoms in total. The molecule has 0 amide bonds. The smallest absolute Gasteiger partial charge is 1.00 e. The van der Waals surface area contributed by atoms with Crippen molar-refractivity contribution in [2.24, 2.45) is 0 Å². The molecule has 0 aromatic rings. The molecule has 1 radical (unpaired) electrons. The summed E-state index contributed by atoms with van der Waals surface area (Å²) in [5.41, 5.74) is 0. The van der Waals surface area contributed by atoms with Crippen LogP contribution in [0.15, 0.2) is 0 Å². The Morgan fingerprint density at radius 2 is 0.286 bits per heavy atom. The molecule has 0 bridgehead atoms. The fraction of sp³-hybridized carbons (Fsp3) is 0. The van der Waals surface area contributed by atoms with Crippen LogP contribution in [-0.4, -0.2) is 0 Å². The first kappa shape index (κ1) is 121000. The molecule has 26 N–H and O–H groups in total. The van der Waals surface area contributed by atoms with Gasteiger partial charge in [-0.15, -0.1) is 0 Å². The quantitative estimate of drug-likeness (QED) is 0.311. The van der Waals surface area contributed by atoms with Crippen molar-refractivity contribution < 1.29 is 73.7 Å². The molecule has 14 heteroatoms. The molecule has 14 heavy (non-hydrogen) atoms. The van der Waals surface area contributed by atoms with Crippen molar-refractivity contribution in [2.75, 3.05) is 0 Å². The van der Waals surface area contributed by atoms with Gasteiger partial charge in [-0.2, -0.15) is 0 Å². The minimum atomic E-state index is 0. The summed E-state index contributed by atoms with van der Waals surface area (Å²) >= 11 is 0. The number of hydrogen-bond acceptors (Lipinski definition) is 0. The van der Waals surface area contributed by atoms with Crippen molar-refractivity contribution in [2.45, 2.75) is 0 Å². The van der Waals surface area contributed by atoms with E-state index in [1.165, 1.54) is 0 Å². The normalized spacial score (nSPS) is 0. The molecule has 0 atom stereocenters. The van der Waals surface area contributed by atoms with E-state index in [2.05, 4.69) is 0 Å². The summed E-state index contributed by atoms with van der Waals surface area (Å²) in [4.78, 5) is 0. The fourth-order valence-corrected chi connectivity index (χ4v) is 0. The van der Waals surface area contributed by atoms with Crippen molar-refractivity contribution in [3.8, 4) is 0 Å². The zero-order valence-electron chi connectivity index (χ0n) is 7.76. The van der Waals surface area contributed by atoms with E-state index in [1.807, 2.05) is 0 Å². The summed E-state index contributed by atoms with van der Waals surface area (Å²) in [5, 5.41) is 0. The molecule has 0 aliphatic heterocycles. The molecule has 0 aliphatic rings. The monoisotopic (exact) mass is 297 g/mol. The Labute approximate surface area is 87.0 Å². The first-order valence-corrected chi connectivity index (χ1v) is 0. The fourth-order valence-electron chi connectivity index (χ4n) is 0. The van der Waals surface area contributed by atoms with Crippen LogP contribution in [0.3, 0.4) is 0 Å². The van der Waals surface area contributed by atoms with Crippen LogP contribution in [0.25, 0.3) is 0 Å². The van der Waals surface area contributed by atoms with Crippen molar-refractivity contribution in [3.05, 3.63) is 0 Å². The Morgan fingerprint density at radius 3 is 0.286 bits per heavy atom. The van der Waals surface area contributed by atoms with Crippen LogP contribution in [0.4, 0.5) is 0 Å². The molecule has 0 rings (SSSR count). The first-order valence-electron chi connectivity index (χ1n) is 0. The molecule has 107 valence electrons. The molecule has 0 aromatic carbocycles. The average Bonchev–Trinajstić information content (AvgIpc) is 0. The van der Waals surface area contributed by atoms with Gasteiger partial charge < -0.3 is 68.7 Å². The van der Waals surface area contributed by atoms with E-state index in [-0.39, 0.29) is 86.0 Å². The maximum atomic E-state index is 0. The van der Waals surface area contributed by atoms with Gasteiger partial charge in [-0.25, -0.2) is 0 Å². The van der Waals surface area contributed by atoms with E-state index in [1.54, 1.807) is 0 Å². The van der Waals surface area contributed by atoms with Crippen molar-refractivity contribution >= 4 is 0 Å². The van der Waals surface area contributed by atoms with Crippen molar-refractivity contribution in [1.82, 2.24) is 12.3 Å². The van der Waals surface area contributed by atoms with Gasteiger partial charge in [0.15, 0.2) is 0 Å². The SMILES string of the molecule is [Cr+3].[F-].[F-].[F-].[F-].[F-].[NH4+].[NH4+].[OH3+].[OH3+].[OH3+].[OH3+].[OH3+].[OH3+]. The number of halogens is 5. The summed E-state index contributed by atoms with van der Waals surface area (Å²) in [6.45, 7) is 0. The second-order valence-electron chi connectivity index (χ2n) is 0. The van der Waals surface area contributed by atoms with Gasteiger partial charge >= 0.3 is 17.4 Å². The number of rotatable bonds is 0. The van der Waals surface area contributed by atoms with Crippen LogP contribution in [0.2, 0.25) is 0 Å². The zero-order chi connectivity index (χ0) is 0. The summed E-state index contributed by atoms with van der Waals surface area (Å²) in [7, 11) is 0. The Hall–Kier alpha value is -0.138. The van der Waals surface area contributed by atoms with E-state index in [0.29, 0.717) is 0 Å². The maximum absolute atomic E-state index is 0. The van der Waals surface area contributed by atoms with E-state index in [0.717, 1.165) is 0 Å². The summed E-state index contributed by atoms with van der Waals surface area (Å²) in [6.07, 6.45) is 0. The van der Waals surface area contributed by atoms with Gasteiger partial charge in [0.05, 0.1) is 0 Å². The van der Waals surface area contributed by atoms with Crippen LogP contribution in [0, 0.1) is 0 Å². The minimum absolute atomic E-state index is 0. The molecule has 0 unspecified atom stereocenters. The van der Waals surface area contributed by atoms with Crippen LogP contribution >= 0.6 is 0 Å². The summed E-state index contributed by atoms with van der Waals surface area (Å²) in [6, 6.07) is 0. The molecular formula is H26CrF5N2O6+6. The molecule has 0 heterocycles. The van der Waals surface area contributed by atoms with Gasteiger partial charge in [-0.3, -0.25) is 0 Å². The molecule has 0 aliphatic carbocycles. The van der Waals surface area contributed by atoms with Gasteiger partial charge in [-0.1, -0.05) is 0 Å². The van der Waals surface area contributed by atoms with Crippen LogP contribution in [-0.2, 0) is 50.2 Å². The van der Waals surface area contributed by atoms with E-state index in [4.69, 9.17) is 0 Å². The Bertz CT molecular complexity index is 24.2. The zero-order valence-corrected chi connectivity index (χ0v) is 9.04. The largest absolute Gasteiger partial charge is 3.00 e. The third-order valence-corrected chi connectivity index (χ3v) is 0. The van der Waals surface area contributed by atoms with Gasteiger partial charge in [0.1, 0.15) is 0 Å². The number of hydrogen-bond donors (Lipinski definition) is 2. The Balaban J connectivity index is 0. The van der Waals surface area contributed by atoms with Gasteiger partial charge in [0.25, 0.3) is 0 Å².